The summed E-state index contributed by atoms with van der Waals surface area (Å²) in [5.41, 5.74) is 5.47. The number of nitrogens with zero attached hydrogens (tertiary/aromatic N) is 3. The van der Waals surface area contributed by atoms with E-state index in [4.69, 9.17) is 5.73 Å². The van der Waals surface area contributed by atoms with Gasteiger partial charge >= 0.3 is 0 Å². The monoisotopic (exact) mass is 282 g/mol. The van der Waals surface area contributed by atoms with Crippen LogP contribution in [0.2, 0.25) is 0 Å². The third-order valence-corrected chi connectivity index (χ3v) is 4.58. The van der Waals surface area contributed by atoms with Gasteiger partial charge < -0.3 is 5.73 Å². The summed E-state index contributed by atoms with van der Waals surface area (Å²) in [6.45, 7) is 4.42. The first kappa shape index (κ1) is 16.4. The van der Waals surface area contributed by atoms with Crippen LogP contribution in [0.5, 0.6) is 0 Å². The fourth-order valence-corrected chi connectivity index (χ4v) is 2.84. The number of rotatable bonds is 5. The molecule has 1 atom stereocenters. The fourth-order valence-electron chi connectivity index (χ4n) is 1.31. The summed E-state index contributed by atoms with van der Waals surface area (Å²) in [7, 11) is -1.97. The lowest BCUT2D eigenvalue weighted by Crippen LogP contribution is -2.40. The van der Waals surface area contributed by atoms with Crippen LogP contribution < -0.4 is 5.73 Å². The SMILES string of the molecule is CCn1nccc1S(=O)(=O)N(C)C(C)CN.Cl. The minimum absolute atomic E-state index is 0. The Labute approximate surface area is 108 Å². The molecule has 1 aromatic heterocycles. The number of nitrogens with two attached hydrogens (primary N) is 1. The number of aromatic nitrogens is 2. The van der Waals surface area contributed by atoms with Gasteiger partial charge in [0.2, 0.25) is 0 Å². The second-order valence-electron chi connectivity index (χ2n) is 3.59. The molecule has 1 unspecified atom stereocenters. The van der Waals surface area contributed by atoms with E-state index in [-0.39, 0.29) is 30.0 Å². The zero-order valence-corrected chi connectivity index (χ0v) is 11.8. The zero-order chi connectivity index (χ0) is 12.3. The molecule has 0 radical (unpaired) electrons. The van der Waals surface area contributed by atoms with Crippen molar-refractivity contribution >= 4 is 22.4 Å². The van der Waals surface area contributed by atoms with Gasteiger partial charge in [0.05, 0.1) is 6.20 Å². The molecule has 0 aliphatic rings. The number of halogens is 1. The molecule has 0 aliphatic heterocycles. The number of aryl methyl sites for hydroxylation is 1. The molecule has 0 fully saturated rings. The molecule has 0 spiro atoms. The Hall–Kier alpha value is -0.630. The van der Waals surface area contributed by atoms with Crippen molar-refractivity contribution in [1.29, 1.82) is 0 Å². The lowest BCUT2D eigenvalue weighted by molar-refractivity contribution is 0.388. The first-order chi connectivity index (χ1) is 7.45. The predicted octanol–water partition coefficient (Wildman–Crippen LogP) is 0.293. The lowest BCUT2D eigenvalue weighted by atomic mass is 10.4. The molecule has 0 aromatic carbocycles. The van der Waals surface area contributed by atoms with E-state index in [2.05, 4.69) is 5.10 Å². The van der Waals surface area contributed by atoms with Crippen molar-refractivity contribution in [1.82, 2.24) is 14.1 Å². The molecule has 0 saturated heterocycles. The number of hydrogen-bond acceptors (Lipinski definition) is 4. The Morgan fingerprint density at radius 2 is 2.18 bits per heavy atom. The lowest BCUT2D eigenvalue weighted by Gasteiger charge is -2.22. The van der Waals surface area contributed by atoms with Gasteiger partial charge in [-0.2, -0.15) is 9.40 Å². The second-order valence-corrected chi connectivity index (χ2v) is 5.54. The van der Waals surface area contributed by atoms with Crippen molar-refractivity contribution in [3.05, 3.63) is 12.3 Å². The molecule has 2 N–H and O–H groups in total. The minimum atomic E-state index is -3.50. The maximum atomic E-state index is 12.2. The van der Waals surface area contributed by atoms with Gasteiger partial charge in [-0.1, -0.05) is 0 Å². The normalized spacial score (nSPS) is 13.5. The molecule has 0 aliphatic carbocycles. The van der Waals surface area contributed by atoms with Crippen LogP contribution in [0, 0.1) is 0 Å². The molecule has 0 bridgehead atoms. The Balaban J connectivity index is 0.00000256. The molecule has 8 heteroatoms. The van der Waals surface area contributed by atoms with Gasteiger partial charge in [0.15, 0.2) is 5.03 Å². The van der Waals surface area contributed by atoms with Crippen LogP contribution in [0.15, 0.2) is 17.3 Å². The van der Waals surface area contributed by atoms with Gasteiger partial charge in [0.1, 0.15) is 0 Å². The molecule has 0 saturated carbocycles. The van der Waals surface area contributed by atoms with Crippen LogP contribution in [0.4, 0.5) is 0 Å². The number of sulfonamides is 1. The Bertz CT molecular complexity index is 446. The van der Waals surface area contributed by atoms with Crippen LogP contribution in [0.3, 0.4) is 0 Å². The molecule has 100 valence electrons. The maximum Gasteiger partial charge on any atom is 0.260 e. The van der Waals surface area contributed by atoms with E-state index in [0.717, 1.165) is 0 Å². The van der Waals surface area contributed by atoms with Crippen LogP contribution in [0.1, 0.15) is 13.8 Å². The molecule has 1 heterocycles. The highest BCUT2D eigenvalue weighted by molar-refractivity contribution is 7.89. The predicted molar refractivity (Wildman–Crippen MR) is 68.6 cm³/mol. The van der Waals surface area contributed by atoms with Gasteiger partial charge in [-0.15, -0.1) is 12.4 Å². The Morgan fingerprint density at radius 1 is 1.59 bits per heavy atom. The standard InChI is InChI=1S/C9H18N4O2S.ClH/c1-4-13-9(5-6-11-13)16(14,15)12(3)8(2)7-10;/h5-6,8H,4,7,10H2,1-3H3;1H. The summed E-state index contributed by atoms with van der Waals surface area (Å²) in [5, 5.41) is 4.15. The summed E-state index contributed by atoms with van der Waals surface area (Å²) in [6, 6.07) is 1.27. The highest BCUT2D eigenvalue weighted by atomic mass is 35.5. The van der Waals surface area contributed by atoms with Crippen LogP contribution >= 0.6 is 12.4 Å². The summed E-state index contributed by atoms with van der Waals surface area (Å²) in [4.78, 5) is 0. The van der Waals surface area contributed by atoms with Crippen LogP contribution in [-0.2, 0) is 16.6 Å². The minimum Gasteiger partial charge on any atom is -0.329 e. The average Bonchev–Trinajstić information content (AvgIpc) is 2.75. The Kier molecular flexibility index (Phi) is 6.11. The molecule has 0 amide bonds. The van der Waals surface area contributed by atoms with E-state index in [9.17, 15) is 8.42 Å². The highest BCUT2D eigenvalue weighted by Crippen LogP contribution is 2.15. The van der Waals surface area contributed by atoms with Crippen LogP contribution in [-0.4, -0.2) is 42.1 Å². The summed E-state index contributed by atoms with van der Waals surface area (Å²) >= 11 is 0. The van der Waals surface area contributed by atoms with Crippen molar-refractivity contribution in [3.8, 4) is 0 Å². The number of likely N-dealkylation sites (N-methyl/N-ethyl adjacent to an activating group) is 1. The average molecular weight is 283 g/mol. The smallest absolute Gasteiger partial charge is 0.260 e. The van der Waals surface area contributed by atoms with Crippen molar-refractivity contribution in [2.45, 2.75) is 31.5 Å². The van der Waals surface area contributed by atoms with E-state index in [1.54, 1.807) is 6.92 Å². The van der Waals surface area contributed by atoms with Crippen molar-refractivity contribution in [2.24, 2.45) is 5.73 Å². The largest absolute Gasteiger partial charge is 0.329 e. The molecule has 1 rings (SSSR count). The number of hydrogen-bond donors (Lipinski definition) is 1. The molecule has 1 aromatic rings. The van der Waals surface area contributed by atoms with E-state index in [1.807, 2.05) is 6.92 Å². The summed E-state index contributed by atoms with van der Waals surface area (Å²) in [5.74, 6) is 0. The maximum absolute atomic E-state index is 12.2. The second kappa shape index (κ2) is 6.34. The third kappa shape index (κ3) is 3.19. The first-order valence-electron chi connectivity index (χ1n) is 5.15. The quantitative estimate of drug-likeness (QED) is 0.842. The highest BCUT2D eigenvalue weighted by Gasteiger charge is 2.27. The topological polar surface area (TPSA) is 81.2 Å². The van der Waals surface area contributed by atoms with E-state index >= 15 is 0 Å². The summed E-state index contributed by atoms with van der Waals surface area (Å²) in [6.07, 6.45) is 1.48. The Morgan fingerprint density at radius 3 is 2.65 bits per heavy atom. The van der Waals surface area contributed by atoms with Crippen molar-refractivity contribution in [3.63, 3.8) is 0 Å². The molecule has 6 nitrogen and oxygen atoms in total. The van der Waals surface area contributed by atoms with Gasteiger partial charge in [-0.3, -0.25) is 4.68 Å². The molecule has 17 heavy (non-hydrogen) atoms. The zero-order valence-electron chi connectivity index (χ0n) is 10.2. The first-order valence-corrected chi connectivity index (χ1v) is 6.59. The van der Waals surface area contributed by atoms with Gasteiger partial charge in [0.25, 0.3) is 10.0 Å². The van der Waals surface area contributed by atoms with Gasteiger partial charge in [0, 0.05) is 26.2 Å². The summed E-state index contributed by atoms with van der Waals surface area (Å²) < 4.78 is 27.1. The van der Waals surface area contributed by atoms with Gasteiger partial charge in [-0.25, -0.2) is 8.42 Å². The van der Waals surface area contributed by atoms with Crippen molar-refractivity contribution < 1.29 is 8.42 Å². The van der Waals surface area contributed by atoms with Crippen LogP contribution in [0.25, 0.3) is 0 Å². The molecular weight excluding hydrogens is 264 g/mol. The van der Waals surface area contributed by atoms with E-state index < -0.39 is 10.0 Å². The third-order valence-electron chi connectivity index (χ3n) is 2.58. The molecular formula is C9H19ClN4O2S. The van der Waals surface area contributed by atoms with E-state index in [0.29, 0.717) is 6.54 Å². The fraction of sp³-hybridized carbons (Fsp3) is 0.667. The van der Waals surface area contributed by atoms with Gasteiger partial charge in [-0.05, 0) is 19.9 Å². The van der Waals surface area contributed by atoms with E-state index in [1.165, 1.54) is 28.3 Å². The van der Waals surface area contributed by atoms with Crippen molar-refractivity contribution in [2.75, 3.05) is 13.6 Å².